The van der Waals surface area contributed by atoms with E-state index >= 15 is 0 Å². The summed E-state index contributed by atoms with van der Waals surface area (Å²) in [6.45, 7) is 9.62. The number of thiazole rings is 2. The summed E-state index contributed by atoms with van der Waals surface area (Å²) in [5, 5.41) is 13.3. The van der Waals surface area contributed by atoms with Gasteiger partial charge in [0.2, 0.25) is 10.3 Å². The maximum atomic E-state index is 13.5. The molecule has 0 atom stereocenters. The van der Waals surface area contributed by atoms with Crippen LogP contribution in [0.1, 0.15) is 26.5 Å². The molecular formula is C26H24N6OS2. The highest BCUT2D eigenvalue weighted by atomic mass is 32.1. The Bertz CT molecular complexity index is 1420. The lowest BCUT2D eigenvalue weighted by atomic mass is 10.1. The Balaban J connectivity index is 1.71. The van der Waals surface area contributed by atoms with Crippen LogP contribution in [0, 0.1) is 0 Å². The van der Waals surface area contributed by atoms with Crippen molar-refractivity contribution in [2.75, 3.05) is 10.4 Å². The normalized spacial score (nSPS) is 16.3. The molecule has 1 N–H and O–H groups in total. The lowest BCUT2D eigenvalue weighted by Crippen LogP contribution is -2.28. The number of allylic oxidation sites excluding steroid dienone is 9. The highest BCUT2D eigenvalue weighted by Gasteiger charge is 2.36. The summed E-state index contributed by atoms with van der Waals surface area (Å²) in [5.41, 5.74) is 6.92. The van der Waals surface area contributed by atoms with Crippen LogP contribution in [0.25, 0.3) is 15.8 Å². The van der Waals surface area contributed by atoms with Gasteiger partial charge >= 0.3 is 5.91 Å². The number of aromatic nitrogens is 2. The van der Waals surface area contributed by atoms with Crippen LogP contribution in [0.4, 0.5) is 10.3 Å². The molecule has 0 radical (unpaired) electrons. The van der Waals surface area contributed by atoms with Crippen molar-refractivity contribution >= 4 is 66.1 Å². The van der Waals surface area contributed by atoms with E-state index in [1.807, 2.05) is 80.8 Å². The summed E-state index contributed by atoms with van der Waals surface area (Å²) in [4.78, 5) is 22.6. The molecule has 176 valence electrons. The molecule has 35 heavy (non-hydrogen) atoms. The molecule has 0 aliphatic carbocycles. The first-order valence-electron chi connectivity index (χ1n) is 10.9. The Kier molecular flexibility index (Phi) is 7.59. The van der Waals surface area contributed by atoms with Gasteiger partial charge in [0.15, 0.2) is 5.71 Å². The third kappa shape index (κ3) is 5.26. The fraction of sp³-hybridized carbons (Fsp3) is 0.115. The van der Waals surface area contributed by atoms with Crippen LogP contribution >= 0.6 is 22.7 Å². The Morgan fingerprint density at radius 3 is 2.74 bits per heavy atom. The second kappa shape index (κ2) is 11.0. The number of benzene rings is 1. The molecule has 4 rings (SSSR count). The van der Waals surface area contributed by atoms with E-state index in [1.54, 1.807) is 12.2 Å². The van der Waals surface area contributed by atoms with Crippen molar-refractivity contribution in [1.29, 1.82) is 0 Å². The quantitative estimate of drug-likeness (QED) is 0.279. The number of carbonyl (C=O) groups is 1. The van der Waals surface area contributed by atoms with E-state index in [9.17, 15) is 4.79 Å². The third-order valence-electron chi connectivity index (χ3n) is 4.91. The molecule has 3 aromatic rings. The van der Waals surface area contributed by atoms with Gasteiger partial charge < -0.3 is 0 Å². The van der Waals surface area contributed by atoms with Crippen LogP contribution in [-0.2, 0) is 4.79 Å². The van der Waals surface area contributed by atoms with Crippen LogP contribution in [-0.4, -0.2) is 27.3 Å². The second-order valence-corrected chi connectivity index (χ2v) is 9.24. The largest absolute Gasteiger partial charge is 0.303 e. The molecule has 7 nitrogen and oxygen atoms in total. The first-order chi connectivity index (χ1) is 17.0. The zero-order valence-corrected chi connectivity index (χ0v) is 21.2. The van der Waals surface area contributed by atoms with Gasteiger partial charge in [0.1, 0.15) is 5.71 Å². The third-order valence-corrected chi connectivity index (χ3v) is 6.67. The number of nitrogens with zero attached hydrogens (tertiary/aromatic N) is 5. The second-order valence-electron chi connectivity index (χ2n) is 7.37. The number of nitrogens with one attached hydrogen (secondary N) is 1. The monoisotopic (exact) mass is 500 g/mol. The SMILES string of the molecule is C=C/C=C(\C=C/C)C1=NN(c2nc(/C(C)=C/C=C\C)cs2)C(=O)/C1=N\Nc1nc2ccccc2s1. The molecule has 1 aliphatic rings. The first-order valence-corrected chi connectivity index (χ1v) is 12.6. The number of rotatable bonds is 8. The fourth-order valence-corrected chi connectivity index (χ4v) is 4.87. The van der Waals surface area contributed by atoms with Crippen molar-refractivity contribution < 1.29 is 4.79 Å². The van der Waals surface area contributed by atoms with Crippen LogP contribution in [0.2, 0.25) is 0 Å². The summed E-state index contributed by atoms with van der Waals surface area (Å²) < 4.78 is 1.03. The van der Waals surface area contributed by atoms with E-state index in [0.717, 1.165) is 21.5 Å². The average Bonchev–Trinajstić information content (AvgIpc) is 3.58. The summed E-state index contributed by atoms with van der Waals surface area (Å²) >= 11 is 2.81. The Hall–Kier alpha value is -3.95. The van der Waals surface area contributed by atoms with Crippen LogP contribution < -0.4 is 10.4 Å². The Labute approximate surface area is 211 Å². The molecule has 0 saturated carbocycles. The smallest absolute Gasteiger partial charge is 0.265 e. The molecule has 1 aliphatic heterocycles. The Morgan fingerprint density at radius 2 is 2.00 bits per heavy atom. The molecule has 1 aromatic carbocycles. The molecule has 1 amide bonds. The van der Waals surface area contributed by atoms with Gasteiger partial charge in [-0.25, -0.2) is 9.97 Å². The van der Waals surface area contributed by atoms with Crippen LogP contribution in [0.15, 0.2) is 94.5 Å². The van der Waals surface area contributed by atoms with E-state index in [1.165, 1.54) is 27.7 Å². The minimum atomic E-state index is -0.371. The maximum Gasteiger partial charge on any atom is 0.303 e. The molecule has 3 heterocycles. The van der Waals surface area contributed by atoms with Crippen molar-refractivity contribution in [3.8, 4) is 0 Å². The zero-order chi connectivity index (χ0) is 24.8. The topological polar surface area (TPSA) is 82.8 Å². The van der Waals surface area contributed by atoms with Gasteiger partial charge in [-0.15, -0.1) is 11.3 Å². The van der Waals surface area contributed by atoms with Crippen LogP contribution in [0.5, 0.6) is 0 Å². The molecule has 0 bridgehead atoms. The van der Waals surface area contributed by atoms with Gasteiger partial charge in [-0.05, 0) is 38.5 Å². The van der Waals surface area contributed by atoms with E-state index < -0.39 is 0 Å². The van der Waals surface area contributed by atoms with Gasteiger partial charge in [-0.1, -0.05) is 72.6 Å². The number of hydrogen-bond acceptors (Lipinski definition) is 8. The molecule has 0 saturated heterocycles. The predicted octanol–water partition coefficient (Wildman–Crippen LogP) is 6.59. The lowest BCUT2D eigenvalue weighted by Gasteiger charge is -2.06. The lowest BCUT2D eigenvalue weighted by molar-refractivity contribution is -0.112. The minimum absolute atomic E-state index is 0.174. The van der Waals surface area contributed by atoms with Gasteiger partial charge in [-0.2, -0.15) is 15.2 Å². The minimum Gasteiger partial charge on any atom is -0.265 e. The number of carbonyl (C=O) groups excluding carboxylic acids is 1. The van der Waals surface area contributed by atoms with Crippen molar-refractivity contribution in [2.45, 2.75) is 20.8 Å². The van der Waals surface area contributed by atoms with E-state index in [0.29, 0.717) is 21.5 Å². The van der Waals surface area contributed by atoms with Gasteiger partial charge in [-0.3, -0.25) is 10.2 Å². The highest BCUT2D eigenvalue weighted by molar-refractivity contribution is 7.22. The van der Waals surface area contributed by atoms with E-state index in [2.05, 4.69) is 32.2 Å². The first kappa shape index (κ1) is 24.2. The van der Waals surface area contributed by atoms with Crippen molar-refractivity contribution in [1.82, 2.24) is 9.97 Å². The molecule has 9 heteroatoms. The zero-order valence-electron chi connectivity index (χ0n) is 19.6. The summed E-state index contributed by atoms with van der Waals surface area (Å²) in [7, 11) is 0. The summed E-state index contributed by atoms with van der Waals surface area (Å²) in [5.74, 6) is -0.371. The fourth-order valence-electron chi connectivity index (χ4n) is 3.23. The standard InChI is InChI=1S/C26H24N6OS2/c1-5-8-13-17(4)20-16-34-26(28-20)32-24(33)23(22(31-32)18(11-6-2)12-7-3)29-30-25-27-19-14-9-10-15-21(19)35-25/h5-16H,2H2,1,3-4H3,(H,27,30)/b8-5-,12-7-,17-13+,18-11+,29-23-. The number of anilines is 2. The molecule has 0 spiro atoms. The number of hydrazone groups is 2. The molecule has 2 aromatic heterocycles. The van der Waals surface area contributed by atoms with Gasteiger partial charge in [0.25, 0.3) is 0 Å². The number of hydrogen-bond donors (Lipinski definition) is 1. The maximum absolute atomic E-state index is 13.5. The van der Waals surface area contributed by atoms with E-state index in [-0.39, 0.29) is 11.6 Å². The highest BCUT2D eigenvalue weighted by Crippen LogP contribution is 2.29. The molecular weight excluding hydrogens is 476 g/mol. The number of amides is 1. The summed E-state index contributed by atoms with van der Waals surface area (Å²) in [6.07, 6.45) is 13.1. The van der Waals surface area contributed by atoms with E-state index in [4.69, 9.17) is 0 Å². The van der Waals surface area contributed by atoms with Crippen LogP contribution in [0.3, 0.4) is 0 Å². The Morgan fingerprint density at radius 1 is 1.17 bits per heavy atom. The molecule has 0 fully saturated rings. The number of para-hydroxylation sites is 1. The van der Waals surface area contributed by atoms with Crippen molar-refractivity contribution in [3.63, 3.8) is 0 Å². The molecule has 0 unspecified atom stereocenters. The number of fused-ring (bicyclic) bond motifs is 1. The van der Waals surface area contributed by atoms with Gasteiger partial charge in [0.05, 0.1) is 15.9 Å². The average molecular weight is 501 g/mol. The van der Waals surface area contributed by atoms with Crippen molar-refractivity contribution in [2.24, 2.45) is 10.2 Å². The van der Waals surface area contributed by atoms with Gasteiger partial charge in [0, 0.05) is 11.0 Å². The van der Waals surface area contributed by atoms with Crippen molar-refractivity contribution in [3.05, 3.63) is 90.0 Å². The predicted molar refractivity (Wildman–Crippen MR) is 149 cm³/mol. The summed E-state index contributed by atoms with van der Waals surface area (Å²) in [6, 6.07) is 7.82.